The number of carboxylic acid groups (broad SMARTS) is 1. The summed E-state index contributed by atoms with van der Waals surface area (Å²) in [7, 11) is 0. The van der Waals surface area contributed by atoms with Crippen LogP contribution in [0.5, 0.6) is 0 Å². The Kier molecular flexibility index (Phi) is 7.82. The fraction of sp³-hybridized carbons (Fsp3) is 0.548. The van der Waals surface area contributed by atoms with E-state index in [9.17, 15) is 24.3 Å². The zero-order chi connectivity index (χ0) is 26.8. The van der Waals surface area contributed by atoms with E-state index >= 15 is 0 Å². The highest BCUT2D eigenvalue weighted by Gasteiger charge is 2.40. The minimum Gasteiger partial charge on any atom is -0.478 e. The second-order valence-corrected chi connectivity index (χ2v) is 11.3. The molecule has 0 aromatic heterocycles. The first-order chi connectivity index (χ1) is 18.4. The van der Waals surface area contributed by atoms with Gasteiger partial charge >= 0.3 is 5.97 Å². The number of carboxylic acids is 1. The molecule has 2 N–H and O–H groups in total. The summed E-state index contributed by atoms with van der Waals surface area (Å²) in [5.41, 5.74) is 0.741. The maximum Gasteiger partial charge on any atom is 0.336 e. The van der Waals surface area contributed by atoms with E-state index < -0.39 is 5.97 Å². The third kappa shape index (κ3) is 4.95. The van der Waals surface area contributed by atoms with Crippen molar-refractivity contribution in [1.82, 2.24) is 10.2 Å². The predicted molar refractivity (Wildman–Crippen MR) is 146 cm³/mol. The number of carbonyl (C=O) groups excluding carboxylic acids is 3. The van der Waals surface area contributed by atoms with Gasteiger partial charge in [0.05, 0.1) is 5.56 Å². The third-order valence-corrected chi connectivity index (χ3v) is 8.87. The summed E-state index contributed by atoms with van der Waals surface area (Å²) in [6.07, 6.45) is 13.5. The number of unbranched alkanes of at least 4 members (excludes halogenated alkanes) is 2. The smallest absolute Gasteiger partial charge is 0.336 e. The number of hydrogen-bond donors (Lipinski definition) is 2. The molecular formula is C31H38N2O5. The monoisotopic (exact) mass is 518 g/mol. The Hall–Kier alpha value is -3.22. The van der Waals surface area contributed by atoms with E-state index in [1.54, 1.807) is 12.1 Å². The first-order valence-corrected chi connectivity index (χ1v) is 14.4. The molecule has 202 valence electrons. The molecular weight excluding hydrogens is 480 g/mol. The molecule has 38 heavy (non-hydrogen) atoms. The molecule has 0 unspecified atom stereocenters. The van der Waals surface area contributed by atoms with Gasteiger partial charge in [-0.05, 0) is 68.7 Å². The predicted octanol–water partition coefficient (Wildman–Crippen LogP) is 6.34. The van der Waals surface area contributed by atoms with Crippen molar-refractivity contribution >= 4 is 34.5 Å². The van der Waals surface area contributed by atoms with Crippen molar-refractivity contribution in [3.8, 4) is 0 Å². The Labute approximate surface area is 224 Å². The van der Waals surface area contributed by atoms with E-state index in [1.165, 1.54) is 42.7 Å². The Morgan fingerprint density at radius 2 is 1.47 bits per heavy atom. The molecule has 0 radical (unpaired) electrons. The Bertz CT molecular complexity index is 1230. The number of nitrogens with one attached hydrogen (secondary N) is 1. The van der Waals surface area contributed by atoms with Crippen LogP contribution in [0.4, 0.5) is 0 Å². The maximum atomic E-state index is 13.7. The molecule has 1 heterocycles. The molecule has 3 aliphatic rings. The lowest BCUT2D eigenvalue weighted by atomic mass is 9.81. The van der Waals surface area contributed by atoms with Gasteiger partial charge in [-0.2, -0.15) is 0 Å². The molecule has 5 rings (SSSR count). The van der Waals surface area contributed by atoms with Gasteiger partial charge in [0.1, 0.15) is 0 Å². The number of aromatic carboxylic acids is 1. The van der Waals surface area contributed by atoms with Crippen molar-refractivity contribution in [2.75, 3.05) is 0 Å². The van der Waals surface area contributed by atoms with Gasteiger partial charge in [0.25, 0.3) is 17.7 Å². The van der Waals surface area contributed by atoms with Crippen LogP contribution in [0.15, 0.2) is 24.3 Å². The number of imide groups is 1. The van der Waals surface area contributed by atoms with Crippen LogP contribution in [0, 0.1) is 5.92 Å². The number of nitrogens with zero attached hydrogens (tertiary/aromatic N) is 1. The third-order valence-electron chi connectivity index (χ3n) is 8.87. The summed E-state index contributed by atoms with van der Waals surface area (Å²) >= 11 is 0. The molecule has 7 nitrogen and oxygen atoms in total. The summed E-state index contributed by atoms with van der Waals surface area (Å²) in [6, 6.07) is 5.96. The van der Waals surface area contributed by atoms with Gasteiger partial charge in [-0.15, -0.1) is 0 Å². The molecule has 2 aromatic carbocycles. The number of benzene rings is 2. The Balaban J connectivity index is 1.46. The molecule has 0 spiro atoms. The second kappa shape index (κ2) is 11.3. The number of hydrogen-bond acceptors (Lipinski definition) is 4. The lowest BCUT2D eigenvalue weighted by molar-refractivity contribution is 0.0480. The van der Waals surface area contributed by atoms with E-state index in [2.05, 4.69) is 12.2 Å². The van der Waals surface area contributed by atoms with Crippen molar-refractivity contribution in [2.45, 2.75) is 102 Å². The molecule has 2 aromatic rings. The minimum absolute atomic E-state index is 0.0474. The summed E-state index contributed by atoms with van der Waals surface area (Å²) in [6.45, 7) is 2.20. The van der Waals surface area contributed by atoms with Gasteiger partial charge in [-0.3, -0.25) is 19.3 Å². The highest BCUT2D eigenvalue weighted by molar-refractivity contribution is 6.29. The zero-order valence-electron chi connectivity index (χ0n) is 22.3. The fourth-order valence-corrected chi connectivity index (χ4v) is 6.79. The van der Waals surface area contributed by atoms with Gasteiger partial charge in [0.15, 0.2) is 0 Å². The average molecular weight is 519 g/mol. The van der Waals surface area contributed by atoms with Gasteiger partial charge in [-0.25, -0.2) is 4.79 Å². The van der Waals surface area contributed by atoms with Crippen LogP contribution in [0.1, 0.15) is 132 Å². The van der Waals surface area contributed by atoms with Crippen LogP contribution in [-0.2, 0) is 0 Å². The van der Waals surface area contributed by atoms with Crippen LogP contribution >= 0.6 is 0 Å². The fourth-order valence-electron chi connectivity index (χ4n) is 6.79. The molecule has 2 saturated carbocycles. The lowest BCUT2D eigenvalue weighted by Gasteiger charge is -2.38. The molecule has 0 atom stereocenters. The SMILES string of the molecule is CCCCCC1CCC(N2C(=O)c3ccc(C(=O)O)c4c(C(=O)NC5CCCCC5)ccc(c34)C2=O)CC1. The molecule has 0 bridgehead atoms. The number of rotatable bonds is 8. The van der Waals surface area contributed by atoms with E-state index in [1.807, 2.05) is 0 Å². The molecule has 0 saturated heterocycles. The second-order valence-electron chi connectivity index (χ2n) is 11.3. The average Bonchev–Trinajstić information content (AvgIpc) is 2.92. The Morgan fingerprint density at radius 1 is 0.842 bits per heavy atom. The van der Waals surface area contributed by atoms with Crippen molar-refractivity contribution < 1.29 is 24.3 Å². The molecule has 2 aliphatic carbocycles. The summed E-state index contributed by atoms with van der Waals surface area (Å²) in [5.74, 6) is -1.67. The van der Waals surface area contributed by atoms with Crippen LogP contribution < -0.4 is 5.32 Å². The zero-order valence-corrected chi connectivity index (χ0v) is 22.3. The Morgan fingerprint density at radius 3 is 2.08 bits per heavy atom. The standard InChI is InChI=1S/C31H38N2O5/c1-2-3-5-8-19-11-13-21(14-12-19)33-29(35)23-16-15-22(28(34)32-20-9-6-4-7-10-20)26-25(31(37)38)18-17-24(27(23)26)30(33)36/h15-21H,2-14H2,1H3,(H,32,34)(H,37,38). The highest BCUT2D eigenvalue weighted by atomic mass is 16.4. The number of amides is 3. The van der Waals surface area contributed by atoms with E-state index in [0.29, 0.717) is 22.4 Å². The quantitative estimate of drug-likeness (QED) is 0.314. The van der Waals surface area contributed by atoms with Gasteiger partial charge in [0.2, 0.25) is 0 Å². The van der Waals surface area contributed by atoms with Gasteiger partial charge in [-0.1, -0.05) is 51.9 Å². The first-order valence-electron chi connectivity index (χ1n) is 14.4. The molecule has 1 aliphatic heterocycles. The van der Waals surface area contributed by atoms with Crippen LogP contribution in [0.2, 0.25) is 0 Å². The van der Waals surface area contributed by atoms with Crippen molar-refractivity contribution in [3.63, 3.8) is 0 Å². The van der Waals surface area contributed by atoms with Crippen molar-refractivity contribution in [3.05, 3.63) is 46.5 Å². The molecule has 7 heteroatoms. The summed E-state index contributed by atoms with van der Waals surface area (Å²) < 4.78 is 0. The van der Waals surface area contributed by atoms with Crippen molar-refractivity contribution in [2.24, 2.45) is 5.92 Å². The van der Waals surface area contributed by atoms with Crippen LogP contribution in [0.3, 0.4) is 0 Å². The maximum absolute atomic E-state index is 13.7. The van der Waals surface area contributed by atoms with Gasteiger partial charge < -0.3 is 10.4 Å². The van der Waals surface area contributed by atoms with E-state index in [4.69, 9.17) is 0 Å². The van der Waals surface area contributed by atoms with Crippen LogP contribution in [0.25, 0.3) is 10.8 Å². The normalized spacial score (nSPS) is 22.1. The molecule has 3 amide bonds. The van der Waals surface area contributed by atoms with E-state index in [0.717, 1.165) is 57.8 Å². The summed E-state index contributed by atoms with van der Waals surface area (Å²) in [4.78, 5) is 54.4. The molecule has 2 fully saturated rings. The van der Waals surface area contributed by atoms with Crippen LogP contribution in [-0.4, -0.2) is 45.8 Å². The lowest BCUT2D eigenvalue weighted by Crippen LogP contribution is -2.48. The number of carbonyl (C=O) groups is 4. The topological polar surface area (TPSA) is 104 Å². The van der Waals surface area contributed by atoms with Gasteiger partial charge in [0, 0.05) is 39.5 Å². The first kappa shape index (κ1) is 26.4. The minimum atomic E-state index is -1.19. The highest BCUT2D eigenvalue weighted by Crippen LogP contribution is 2.39. The summed E-state index contributed by atoms with van der Waals surface area (Å²) in [5, 5.41) is 13.5. The van der Waals surface area contributed by atoms with E-state index in [-0.39, 0.29) is 46.3 Å². The largest absolute Gasteiger partial charge is 0.478 e. The van der Waals surface area contributed by atoms with Crippen molar-refractivity contribution in [1.29, 1.82) is 0 Å².